The fourth-order valence-electron chi connectivity index (χ4n) is 5.44. The minimum absolute atomic E-state index is 0.251. The number of hydrogen-bond acceptors (Lipinski definition) is 11. The van der Waals surface area contributed by atoms with Crippen molar-refractivity contribution in [2.24, 2.45) is 0 Å². The van der Waals surface area contributed by atoms with Crippen molar-refractivity contribution in [3.05, 3.63) is 36.3 Å². The van der Waals surface area contributed by atoms with Crippen LogP contribution in [0.4, 0.5) is 29.2 Å². The van der Waals surface area contributed by atoms with Crippen molar-refractivity contribution in [1.82, 2.24) is 29.8 Å². The van der Waals surface area contributed by atoms with Gasteiger partial charge in [0.05, 0.1) is 30.8 Å². The molecule has 0 saturated carbocycles. The van der Waals surface area contributed by atoms with Crippen LogP contribution in [-0.2, 0) is 11.2 Å². The molecule has 2 saturated heterocycles. The van der Waals surface area contributed by atoms with Gasteiger partial charge in [-0.25, -0.2) is 19.9 Å². The van der Waals surface area contributed by atoms with Crippen molar-refractivity contribution in [1.29, 1.82) is 0 Å². The minimum Gasteiger partial charge on any atom is -0.378 e. The zero-order chi connectivity index (χ0) is 25.4. The zero-order valence-corrected chi connectivity index (χ0v) is 21.5. The number of rotatable bonds is 5. The summed E-state index contributed by atoms with van der Waals surface area (Å²) in [4.78, 5) is 32.5. The van der Waals surface area contributed by atoms with E-state index >= 15 is 0 Å². The highest BCUT2D eigenvalue weighted by Crippen LogP contribution is 2.39. The minimum atomic E-state index is 0.251. The molecule has 11 nitrogen and oxygen atoms in total. The first-order valence-corrected chi connectivity index (χ1v) is 13.0. The number of anilines is 5. The fraction of sp³-hybridized carbons (Fsp3) is 0.500. The Morgan fingerprint density at radius 1 is 0.892 bits per heavy atom. The molecule has 11 heteroatoms. The number of piperidine rings is 1. The normalized spacial score (nSPS) is 18.5. The molecule has 0 amide bonds. The van der Waals surface area contributed by atoms with Gasteiger partial charge in [0.2, 0.25) is 11.9 Å². The summed E-state index contributed by atoms with van der Waals surface area (Å²) in [7, 11) is 4.34. The molecule has 194 valence electrons. The summed E-state index contributed by atoms with van der Waals surface area (Å²) >= 11 is 0. The number of nitrogens with zero attached hydrogens (tertiary/aromatic N) is 9. The summed E-state index contributed by atoms with van der Waals surface area (Å²) in [6, 6.07) is 4.96. The fourth-order valence-corrected chi connectivity index (χ4v) is 5.44. The highest BCUT2D eigenvalue weighted by Gasteiger charge is 2.30. The van der Waals surface area contributed by atoms with Crippen LogP contribution in [0.2, 0.25) is 0 Å². The monoisotopic (exact) mass is 502 g/mol. The largest absolute Gasteiger partial charge is 0.378 e. The first-order chi connectivity index (χ1) is 18.1. The number of hydrogen-bond donors (Lipinski definition) is 1. The molecule has 6 heterocycles. The molecule has 0 aromatic carbocycles. The Morgan fingerprint density at radius 3 is 2.32 bits per heavy atom. The van der Waals surface area contributed by atoms with E-state index in [0.717, 1.165) is 86.1 Å². The molecule has 6 rings (SSSR count). The average molecular weight is 503 g/mol. The molecule has 3 aliphatic rings. The van der Waals surface area contributed by atoms with Crippen LogP contribution in [0.1, 0.15) is 18.4 Å². The lowest BCUT2D eigenvalue weighted by atomic mass is 10.0. The van der Waals surface area contributed by atoms with E-state index in [1.165, 1.54) is 0 Å². The van der Waals surface area contributed by atoms with E-state index < -0.39 is 0 Å². The number of morpholine rings is 1. The van der Waals surface area contributed by atoms with Crippen LogP contribution in [-0.4, -0.2) is 95.9 Å². The molecule has 37 heavy (non-hydrogen) atoms. The van der Waals surface area contributed by atoms with Crippen molar-refractivity contribution in [2.75, 3.05) is 80.5 Å². The molecular weight excluding hydrogens is 468 g/mol. The van der Waals surface area contributed by atoms with Gasteiger partial charge in [-0.15, -0.1) is 0 Å². The molecule has 0 spiro atoms. The van der Waals surface area contributed by atoms with Crippen LogP contribution in [0, 0.1) is 0 Å². The van der Waals surface area contributed by atoms with Gasteiger partial charge in [-0.05, 0) is 45.5 Å². The predicted molar refractivity (Wildman–Crippen MR) is 144 cm³/mol. The van der Waals surface area contributed by atoms with E-state index in [-0.39, 0.29) is 5.95 Å². The van der Waals surface area contributed by atoms with Crippen LogP contribution in [0.25, 0.3) is 11.3 Å². The molecule has 0 bridgehead atoms. The van der Waals surface area contributed by atoms with Crippen LogP contribution in [0.3, 0.4) is 0 Å². The number of nitrogen functional groups attached to an aromatic ring is 1. The molecule has 0 atom stereocenters. The summed E-state index contributed by atoms with van der Waals surface area (Å²) in [5.74, 6) is 2.91. The number of aromatic nitrogens is 5. The van der Waals surface area contributed by atoms with E-state index in [2.05, 4.69) is 55.8 Å². The van der Waals surface area contributed by atoms with Gasteiger partial charge in [0.15, 0.2) is 0 Å². The van der Waals surface area contributed by atoms with Crippen molar-refractivity contribution in [3.63, 3.8) is 0 Å². The van der Waals surface area contributed by atoms with Gasteiger partial charge in [-0.2, -0.15) is 4.98 Å². The standard InChI is InChI=1S/C26H34N10O/c1-33(2)19-5-8-34(9-6-19)22-4-3-20(17-28-22)36-10-7-21-23(18-15-29-25(27)30-16-18)31-26(32-24(21)36)35-11-13-37-14-12-35/h3-4,15-17,19H,5-14H2,1-2H3,(H2,27,29,30). The summed E-state index contributed by atoms with van der Waals surface area (Å²) < 4.78 is 5.55. The van der Waals surface area contributed by atoms with E-state index in [1.807, 2.05) is 6.20 Å². The van der Waals surface area contributed by atoms with Crippen LogP contribution in [0.15, 0.2) is 30.7 Å². The van der Waals surface area contributed by atoms with Gasteiger partial charge < -0.3 is 30.1 Å². The zero-order valence-electron chi connectivity index (χ0n) is 21.5. The van der Waals surface area contributed by atoms with Crippen LogP contribution >= 0.6 is 0 Å². The van der Waals surface area contributed by atoms with Crippen LogP contribution in [0.5, 0.6) is 0 Å². The number of nitrogens with two attached hydrogens (primary N) is 1. The Bertz CT molecular complexity index is 1220. The first kappa shape index (κ1) is 23.8. The molecule has 0 radical (unpaired) electrons. The highest BCUT2D eigenvalue weighted by molar-refractivity contribution is 5.76. The summed E-state index contributed by atoms with van der Waals surface area (Å²) in [6.07, 6.45) is 8.62. The maximum absolute atomic E-state index is 5.75. The smallest absolute Gasteiger partial charge is 0.228 e. The predicted octanol–water partition coefficient (Wildman–Crippen LogP) is 1.97. The summed E-state index contributed by atoms with van der Waals surface area (Å²) in [5, 5.41) is 0. The van der Waals surface area contributed by atoms with Gasteiger partial charge >= 0.3 is 0 Å². The van der Waals surface area contributed by atoms with Crippen molar-refractivity contribution in [2.45, 2.75) is 25.3 Å². The van der Waals surface area contributed by atoms with Crippen molar-refractivity contribution < 1.29 is 4.74 Å². The second kappa shape index (κ2) is 10.1. The van der Waals surface area contributed by atoms with Crippen LogP contribution < -0.4 is 20.4 Å². The maximum Gasteiger partial charge on any atom is 0.228 e. The van der Waals surface area contributed by atoms with Gasteiger partial charge in [0.1, 0.15) is 11.6 Å². The van der Waals surface area contributed by atoms with E-state index in [1.54, 1.807) is 12.4 Å². The molecule has 2 N–H and O–H groups in total. The lowest BCUT2D eigenvalue weighted by Crippen LogP contribution is -2.42. The Labute approximate surface area is 217 Å². The molecule has 0 unspecified atom stereocenters. The third-order valence-electron chi connectivity index (χ3n) is 7.62. The van der Waals surface area contributed by atoms with E-state index in [0.29, 0.717) is 25.2 Å². The second-order valence-corrected chi connectivity index (χ2v) is 10.1. The SMILES string of the molecule is CN(C)C1CCN(c2ccc(N3CCc4c(-c5cnc(N)nc5)nc(N5CCOCC5)nc43)cn2)CC1. The topological polar surface area (TPSA) is 113 Å². The molecule has 3 aromatic heterocycles. The molecule has 3 aromatic rings. The Balaban J connectivity index is 1.30. The highest BCUT2D eigenvalue weighted by atomic mass is 16.5. The second-order valence-electron chi connectivity index (χ2n) is 10.1. The Morgan fingerprint density at radius 2 is 1.65 bits per heavy atom. The average Bonchev–Trinajstić information content (AvgIpc) is 3.38. The lowest BCUT2D eigenvalue weighted by molar-refractivity contribution is 0.122. The molecule has 0 aliphatic carbocycles. The lowest BCUT2D eigenvalue weighted by Gasteiger charge is -2.36. The summed E-state index contributed by atoms with van der Waals surface area (Å²) in [6.45, 7) is 5.74. The number of pyridine rings is 1. The van der Waals surface area contributed by atoms with Crippen molar-refractivity contribution >= 4 is 29.2 Å². The summed E-state index contributed by atoms with van der Waals surface area (Å²) in [5.41, 5.74) is 9.60. The maximum atomic E-state index is 5.75. The van der Waals surface area contributed by atoms with Crippen molar-refractivity contribution in [3.8, 4) is 11.3 Å². The molecular formula is C26H34N10O. The molecule has 3 aliphatic heterocycles. The van der Waals surface area contributed by atoms with E-state index in [9.17, 15) is 0 Å². The first-order valence-electron chi connectivity index (χ1n) is 13.0. The van der Waals surface area contributed by atoms with Gasteiger partial charge in [0, 0.05) is 62.3 Å². The Kier molecular flexibility index (Phi) is 6.47. The number of fused-ring (bicyclic) bond motifs is 1. The number of ether oxygens (including phenoxy) is 1. The quantitative estimate of drug-likeness (QED) is 0.552. The third-order valence-corrected chi connectivity index (χ3v) is 7.62. The third kappa shape index (κ3) is 4.76. The molecule has 2 fully saturated rings. The Hall–Kier alpha value is -3.57. The van der Waals surface area contributed by atoms with E-state index in [4.69, 9.17) is 25.4 Å². The van der Waals surface area contributed by atoms with Gasteiger partial charge in [-0.1, -0.05) is 0 Å². The van der Waals surface area contributed by atoms with Gasteiger partial charge in [0.25, 0.3) is 0 Å². The van der Waals surface area contributed by atoms with Gasteiger partial charge in [-0.3, -0.25) is 0 Å².